The Balaban J connectivity index is 1.62. The summed E-state index contributed by atoms with van der Waals surface area (Å²) in [7, 11) is 0. The summed E-state index contributed by atoms with van der Waals surface area (Å²) in [6.07, 6.45) is 5.21. The molecule has 1 saturated carbocycles. The van der Waals surface area contributed by atoms with Crippen LogP contribution in [-0.4, -0.2) is 43.1 Å². The van der Waals surface area contributed by atoms with Gasteiger partial charge in [0.05, 0.1) is 6.54 Å². The lowest BCUT2D eigenvalue weighted by Gasteiger charge is -2.30. The van der Waals surface area contributed by atoms with Gasteiger partial charge in [0.25, 0.3) is 0 Å². The SMILES string of the molecule is CC1CCCN(CCN=C(N)NC2CC2)C1. The molecule has 0 aromatic heterocycles. The summed E-state index contributed by atoms with van der Waals surface area (Å²) in [4.78, 5) is 6.87. The highest BCUT2D eigenvalue weighted by atomic mass is 15.2. The monoisotopic (exact) mass is 224 g/mol. The molecule has 0 spiro atoms. The van der Waals surface area contributed by atoms with Gasteiger partial charge in [-0.1, -0.05) is 6.92 Å². The van der Waals surface area contributed by atoms with Crippen molar-refractivity contribution < 1.29 is 0 Å². The third kappa shape index (κ3) is 4.00. The zero-order valence-electron chi connectivity index (χ0n) is 10.3. The third-order valence-corrected chi connectivity index (χ3v) is 3.37. The highest BCUT2D eigenvalue weighted by Crippen LogP contribution is 2.18. The maximum atomic E-state index is 5.78. The van der Waals surface area contributed by atoms with Gasteiger partial charge in [0.2, 0.25) is 0 Å². The van der Waals surface area contributed by atoms with Crippen molar-refractivity contribution in [2.24, 2.45) is 16.6 Å². The molecule has 1 aliphatic carbocycles. The van der Waals surface area contributed by atoms with Gasteiger partial charge in [0.15, 0.2) is 5.96 Å². The minimum absolute atomic E-state index is 0.610. The normalized spacial score (nSPS) is 28.1. The van der Waals surface area contributed by atoms with Crippen LogP contribution >= 0.6 is 0 Å². The number of hydrogen-bond acceptors (Lipinski definition) is 2. The molecule has 0 amide bonds. The molecule has 3 N–H and O–H groups in total. The lowest BCUT2D eigenvalue weighted by atomic mass is 10.0. The Bertz CT molecular complexity index is 247. The molecule has 1 heterocycles. The van der Waals surface area contributed by atoms with E-state index in [9.17, 15) is 0 Å². The van der Waals surface area contributed by atoms with E-state index in [2.05, 4.69) is 22.1 Å². The van der Waals surface area contributed by atoms with E-state index < -0.39 is 0 Å². The number of nitrogens with zero attached hydrogens (tertiary/aromatic N) is 2. The van der Waals surface area contributed by atoms with Crippen LogP contribution in [0.5, 0.6) is 0 Å². The number of aliphatic imine (C=N–C) groups is 1. The Morgan fingerprint density at radius 3 is 2.94 bits per heavy atom. The minimum atomic E-state index is 0.610. The van der Waals surface area contributed by atoms with Crippen LogP contribution in [0.2, 0.25) is 0 Å². The van der Waals surface area contributed by atoms with Crippen molar-refractivity contribution in [3.05, 3.63) is 0 Å². The largest absolute Gasteiger partial charge is 0.370 e. The second-order valence-electron chi connectivity index (χ2n) is 5.23. The van der Waals surface area contributed by atoms with Crippen molar-refractivity contribution in [2.45, 2.75) is 38.6 Å². The molecule has 1 atom stereocenters. The van der Waals surface area contributed by atoms with Crippen LogP contribution in [0.15, 0.2) is 4.99 Å². The van der Waals surface area contributed by atoms with Crippen LogP contribution in [-0.2, 0) is 0 Å². The van der Waals surface area contributed by atoms with Crippen molar-refractivity contribution in [1.29, 1.82) is 0 Å². The molecule has 4 nitrogen and oxygen atoms in total. The predicted octanol–water partition coefficient (Wildman–Crippen LogP) is 0.785. The Morgan fingerprint density at radius 1 is 1.44 bits per heavy atom. The first-order valence-corrected chi connectivity index (χ1v) is 6.53. The Labute approximate surface area is 98.3 Å². The van der Waals surface area contributed by atoms with Gasteiger partial charge in [-0.25, -0.2) is 0 Å². The Morgan fingerprint density at radius 2 is 2.25 bits per heavy atom. The van der Waals surface area contributed by atoms with Crippen molar-refractivity contribution >= 4 is 5.96 Å². The van der Waals surface area contributed by atoms with Crippen LogP contribution in [0.4, 0.5) is 0 Å². The molecular formula is C12H24N4. The zero-order chi connectivity index (χ0) is 11.4. The molecule has 2 fully saturated rings. The molecule has 1 saturated heterocycles. The van der Waals surface area contributed by atoms with Gasteiger partial charge < -0.3 is 16.0 Å². The number of hydrogen-bond donors (Lipinski definition) is 2. The van der Waals surface area contributed by atoms with Crippen molar-refractivity contribution in [2.75, 3.05) is 26.2 Å². The molecule has 4 heteroatoms. The van der Waals surface area contributed by atoms with Crippen LogP contribution < -0.4 is 11.1 Å². The van der Waals surface area contributed by atoms with Crippen LogP contribution in [0.3, 0.4) is 0 Å². The summed E-state index contributed by atoms with van der Waals surface area (Å²) < 4.78 is 0. The average molecular weight is 224 g/mol. The molecule has 1 unspecified atom stereocenters. The maximum Gasteiger partial charge on any atom is 0.188 e. The van der Waals surface area contributed by atoms with Crippen molar-refractivity contribution in [3.8, 4) is 0 Å². The predicted molar refractivity (Wildman–Crippen MR) is 67.5 cm³/mol. The second kappa shape index (κ2) is 5.53. The van der Waals surface area contributed by atoms with E-state index >= 15 is 0 Å². The number of rotatable bonds is 4. The average Bonchev–Trinajstić information content (AvgIpc) is 3.02. The van der Waals surface area contributed by atoms with Crippen LogP contribution in [0, 0.1) is 5.92 Å². The first-order chi connectivity index (χ1) is 7.74. The third-order valence-electron chi connectivity index (χ3n) is 3.37. The fourth-order valence-corrected chi connectivity index (χ4v) is 2.28. The van der Waals surface area contributed by atoms with Gasteiger partial charge in [-0.3, -0.25) is 4.99 Å². The molecule has 0 aromatic rings. The number of nitrogens with two attached hydrogens (primary N) is 1. The summed E-state index contributed by atoms with van der Waals surface area (Å²) in [6, 6.07) is 0.610. The molecule has 0 radical (unpaired) electrons. The molecular weight excluding hydrogens is 200 g/mol. The number of guanidine groups is 1. The topological polar surface area (TPSA) is 53.6 Å². The quantitative estimate of drug-likeness (QED) is 0.548. The fraction of sp³-hybridized carbons (Fsp3) is 0.917. The second-order valence-corrected chi connectivity index (χ2v) is 5.23. The molecule has 2 aliphatic rings. The Hall–Kier alpha value is -0.770. The van der Waals surface area contributed by atoms with E-state index in [1.807, 2.05) is 0 Å². The fourth-order valence-electron chi connectivity index (χ4n) is 2.28. The van der Waals surface area contributed by atoms with Gasteiger partial charge >= 0.3 is 0 Å². The first-order valence-electron chi connectivity index (χ1n) is 6.53. The summed E-state index contributed by atoms with van der Waals surface area (Å²) >= 11 is 0. The molecule has 2 rings (SSSR count). The first kappa shape index (κ1) is 11.7. The number of likely N-dealkylation sites (tertiary alicyclic amines) is 1. The summed E-state index contributed by atoms with van der Waals surface area (Å²) in [5, 5.41) is 3.21. The summed E-state index contributed by atoms with van der Waals surface area (Å²) in [6.45, 7) is 6.68. The van der Waals surface area contributed by atoms with E-state index in [4.69, 9.17) is 5.73 Å². The maximum absolute atomic E-state index is 5.78. The summed E-state index contributed by atoms with van der Waals surface area (Å²) in [5.74, 6) is 1.48. The van der Waals surface area contributed by atoms with E-state index in [0.29, 0.717) is 12.0 Å². The van der Waals surface area contributed by atoms with E-state index in [1.54, 1.807) is 0 Å². The minimum Gasteiger partial charge on any atom is -0.370 e. The molecule has 0 aromatic carbocycles. The van der Waals surface area contributed by atoms with Crippen molar-refractivity contribution in [1.82, 2.24) is 10.2 Å². The summed E-state index contributed by atoms with van der Waals surface area (Å²) in [5.41, 5.74) is 5.78. The molecule has 1 aliphatic heterocycles. The highest BCUT2D eigenvalue weighted by molar-refractivity contribution is 5.78. The van der Waals surface area contributed by atoms with E-state index in [-0.39, 0.29) is 0 Å². The van der Waals surface area contributed by atoms with Gasteiger partial charge in [-0.15, -0.1) is 0 Å². The highest BCUT2D eigenvalue weighted by Gasteiger charge is 2.21. The number of nitrogens with one attached hydrogen (secondary N) is 1. The molecule has 16 heavy (non-hydrogen) atoms. The molecule has 0 bridgehead atoms. The van der Waals surface area contributed by atoms with Crippen LogP contribution in [0.1, 0.15) is 32.6 Å². The van der Waals surface area contributed by atoms with Crippen molar-refractivity contribution in [3.63, 3.8) is 0 Å². The van der Waals surface area contributed by atoms with Gasteiger partial charge in [-0.2, -0.15) is 0 Å². The van der Waals surface area contributed by atoms with Gasteiger partial charge in [0, 0.05) is 19.1 Å². The number of piperidine rings is 1. The van der Waals surface area contributed by atoms with E-state index in [0.717, 1.165) is 19.0 Å². The van der Waals surface area contributed by atoms with Crippen LogP contribution in [0.25, 0.3) is 0 Å². The standard InChI is InChI=1S/C12H24N4/c1-10-3-2-7-16(9-10)8-6-14-12(13)15-11-4-5-11/h10-11H,2-9H2,1H3,(H3,13,14,15). The lowest BCUT2D eigenvalue weighted by molar-refractivity contribution is 0.189. The molecule has 92 valence electrons. The smallest absolute Gasteiger partial charge is 0.188 e. The van der Waals surface area contributed by atoms with Gasteiger partial charge in [-0.05, 0) is 38.1 Å². The van der Waals surface area contributed by atoms with E-state index in [1.165, 1.54) is 38.8 Å². The zero-order valence-corrected chi connectivity index (χ0v) is 10.3. The Kier molecular flexibility index (Phi) is 4.04. The lowest BCUT2D eigenvalue weighted by Crippen LogP contribution is -2.37. The van der Waals surface area contributed by atoms with Gasteiger partial charge in [0.1, 0.15) is 0 Å².